The van der Waals surface area contributed by atoms with Crippen LogP contribution in [0.4, 0.5) is 0 Å². The molecule has 33 heavy (non-hydrogen) atoms. The summed E-state index contributed by atoms with van der Waals surface area (Å²) in [6, 6.07) is 11.7. The van der Waals surface area contributed by atoms with Crippen molar-refractivity contribution in [2.24, 2.45) is 11.1 Å². The van der Waals surface area contributed by atoms with E-state index in [2.05, 4.69) is 11.1 Å². The highest BCUT2D eigenvalue weighted by atomic mass is 16.5. The first-order chi connectivity index (χ1) is 16.0. The minimum Gasteiger partial charge on any atom is -0.495 e. The van der Waals surface area contributed by atoms with Gasteiger partial charge in [0.15, 0.2) is 5.88 Å². The minimum atomic E-state index is -0.369. The molecule has 0 bridgehead atoms. The molecule has 0 unspecified atom stereocenters. The van der Waals surface area contributed by atoms with Crippen LogP contribution >= 0.6 is 0 Å². The zero-order valence-corrected chi connectivity index (χ0v) is 19.3. The van der Waals surface area contributed by atoms with E-state index in [9.17, 15) is 5.26 Å². The summed E-state index contributed by atoms with van der Waals surface area (Å²) in [6.07, 6.45) is 9.86. The molecule has 0 amide bonds. The third-order valence-corrected chi connectivity index (χ3v) is 7.78. The number of ether oxygens (including phenoxy) is 3. The number of nitrogens with two attached hydrogens (primary N) is 1. The van der Waals surface area contributed by atoms with E-state index in [1.807, 2.05) is 34.7 Å². The molecule has 1 spiro atoms. The van der Waals surface area contributed by atoms with E-state index >= 15 is 0 Å². The van der Waals surface area contributed by atoms with Gasteiger partial charge in [0.05, 0.1) is 31.6 Å². The van der Waals surface area contributed by atoms with Gasteiger partial charge >= 0.3 is 0 Å². The predicted octanol–water partition coefficient (Wildman–Crippen LogP) is 4.71. The summed E-state index contributed by atoms with van der Waals surface area (Å²) in [6.45, 7) is 0.394. The van der Waals surface area contributed by atoms with Crippen molar-refractivity contribution in [3.63, 3.8) is 0 Å². The van der Waals surface area contributed by atoms with Crippen molar-refractivity contribution in [2.75, 3.05) is 20.8 Å². The lowest BCUT2D eigenvalue weighted by atomic mass is 9.71. The average Bonchev–Trinajstić information content (AvgIpc) is 3.57. The summed E-state index contributed by atoms with van der Waals surface area (Å²) < 4.78 is 19.4. The van der Waals surface area contributed by atoms with Crippen molar-refractivity contribution < 1.29 is 14.2 Å². The molecule has 2 N–H and O–H groups in total. The molecule has 2 heterocycles. The summed E-state index contributed by atoms with van der Waals surface area (Å²) in [7, 11) is 3.20. The topological polar surface area (TPSA) is 94.8 Å². The molecule has 2 saturated carbocycles. The van der Waals surface area contributed by atoms with E-state index in [1.165, 1.54) is 32.1 Å². The Kier molecular flexibility index (Phi) is 5.41. The number of benzene rings is 1. The number of imidazole rings is 1. The van der Waals surface area contributed by atoms with Crippen molar-refractivity contribution in [3.05, 3.63) is 42.1 Å². The maximum Gasteiger partial charge on any atom is 0.199 e. The third-order valence-electron chi connectivity index (χ3n) is 7.78. The van der Waals surface area contributed by atoms with Gasteiger partial charge in [-0.05, 0) is 55.4 Å². The number of hydrogen-bond donors (Lipinski definition) is 1. The van der Waals surface area contributed by atoms with Gasteiger partial charge in [0.2, 0.25) is 0 Å². The number of pyridine rings is 1. The number of fused-ring (bicyclic) bond motifs is 1. The summed E-state index contributed by atoms with van der Waals surface area (Å²) in [5.74, 6) is 1.62. The monoisotopic (exact) mass is 446 g/mol. The van der Waals surface area contributed by atoms with E-state index in [-0.39, 0.29) is 11.0 Å². The average molecular weight is 447 g/mol. The summed E-state index contributed by atoms with van der Waals surface area (Å²) in [5, 5.41) is 9.89. The Morgan fingerprint density at radius 3 is 2.55 bits per heavy atom. The third kappa shape index (κ3) is 3.41. The molecule has 0 radical (unpaired) electrons. The van der Waals surface area contributed by atoms with Crippen molar-refractivity contribution in [1.82, 2.24) is 9.38 Å². The molecule has 0 saturated heterocycles. The summed E-state index contributed by atoms with van der Waals surface area (Å²) in [5.41, 5.74) is 9.58. The smallest absolute Gasteiger partial charge is 0.199 e. The van der Waals surface area contributed by atoms with Crippen molar-refractivity contribution in [2.45, 2.75) is 50.5 Å². The molecule has 2 aliphatic rings. The van der Waals surface area contributed by atoms with Crippen LogP contribution in [0.2, 0.25) is 0 Å². The zero-order chi connectivity index (χ0) is 23.1. The molecule has 7 heteroatoms. The molecule has 1 atom stereocenters. The molecule has 2 aliphatic carbocycles. The van der Waals surface area contributed by atoms with Crippen LogP contribution in [0, 0.1) is 16.7 Å². The first-order valence-electron chi connectivity index (χ1n) is 11.6. The van der Waals surface area contributed by atoms with Crippen molar-refractivity contribution in [3.8, 4) is 34.7 Å². The van der Waals surface area contributed by atoms with Crippen LogP contribution in [0.25, 0.3) is 16.9 Å². The molecule has 5 rings (SSSR count). The van der Waals surface area contributed by atoms with E-state index in [1.54, 1.807) is 20.4 Å². The number of nitriles is 1. The zero-order valence-electron chi connectivity index (χ0n) is 19.3. The lowest BCUT2D eigenvalue weighted by Gasteiger charge is -2.40. The number of nitrogens with zero attached hydrogens (tertiary/aromatic N) is 3. The molecule has 2 fully saturated rings. The van der Waals surface area contributed by atoms with Gasteiger partial charge < -0.3 is 19.9 Å². The molecule has 2 aromatic heterocycles. The Morgan fingerprint density at radius 2 is 1.82 bits per heavy atom. The van der Waals surface area contributed by atoms with Gasteiger partial charge in [-0.3, -0.25) is 4.40 Å². The van der Waals surface area contributed by atoms with E-state index in [0.29, 0.717) is 29.5 Å². The second kappa shape index (κ2) is 8.27. The van der Waals surface area contributed by atoms with Gasteiger partial charge in [-0.2, -0.15) is 5.26 Å². The Bertz CT molecular complexity index is 1220. The lowest BCUT2D eigenvalue weighted by molar-refractivity contribution is 0.0989. The normalized spacial score (nSPS) is 21.4. The van der Waals surface area contributed by atoms with E-state index in [4.69, 9.17) is 19.9 Å². The predicted molar refractivity (Wildman–Crippen MR) is 126 cm³/mol. The van der Waals surface area contributed by atoms with Crippen LogP contribution in [0.1, 0.15) is 50.5 Å². The molecule has 3 aromatic rings. The van der Waals surface area contributed by atoms with Gasteiger partial charge in [-0.1, -0.05) is 25.3 Å². The van der Waals surface area contributed by atoms with Crippen LogP contribution in [-0.4, -0.2) is 35.8 Å². The van der Waals surface area contributed by atoms with Gasteiger partial charge in [0.1, 0.15) is 35.4 Å². The van der Waals surface area contributed by atoms with E-state index < -0.39 is 0 Å². The number of methoxy groups -OCH3 is 2. The SMILES string of the molecule is COc1cc(-c2cnc3cccc(OC)n23)cc(OC[C@@]2(N)CCCC23CCCC3)c1C#N. The number of rotatable bonds is 6. The highest BCUT2D eigenvalue weighted by Crippen LogP contribution is 2.55. The van der Waals surface area contributed by atoms with Crippen LogP contribution < -0.4 is 19.9 Å². The molecule has 172 valence electrons. The quantitative estimate of drug-likeness (QED) is 0.589. The lowest BCUT2D eigenvalue weighted by Crippen LogP contribution is -2.54. The molecule has 1 aromatic carbocycles. The summed E-state index contributed by atoms with van der Waals surface area (Å²) >= 11 is 0. The van der Waals surface area contributed by atoms with Crippen molar-refractivity contribution in [1.29, 1.82) is 5.26 Å². The molecule has 0 aliphatic heterocycles. The minimum absolute atomic E-state index is 0.163. The molecular weight excluding hydrogens is 416 g/mol. The van der Waals surface area contributed by atoms with Crippen LogP contribution in [0.3, 0.4) is 0 Å². The molecule has 7 nitrogen and oxygen atoms in total. The first kappa shape index (κ1) is 21.6. The second-order valence-corrected chi connectivity index (χ2v) is 9.35. The summed E-state index contributed by atoms with van der Waals surface area (Å²) in [4.78, 5) is 4.52. The Labute approximate surface area is 194 Å². The van der Waals surface area contributed by atoms with Crippen molar-refractivity contribution >= 4 is 5.65 Å². The maximum absolute atomic E-state index is 9.89. The number of aromatic nitrogens is 2. The fraction of sp³-hybridized carbons (Fsp3) is 0.462. The van der Waals surface area contributed by atoms with Gasteiger partial charge in [-0.25, -0.2) is 4.98 Å². The fourth-order valence-corrected chi connectivity index (χ4v) is 5.98. The number of hydrogen-bond acceptors (Lipinski definition) is 6. The van der Waals surface area contributed by atoms with Crippen LogP contribution in [0.15, 0.2) is 36.5 Å². The van der Waals surface area contributed by atoms with Crippen LogP contribution in [0.5, 0.6) is 17.4 Å². The standard InChI is InChI=1S/C26H30N4O3/c1-31-21-13-18(20-16-29-23-7-5-8-24(32-2)30(20)23)14-22(19(21)15-27)33-17-26(28)12-6-11-25(26)9-3-4-10-25/h5,7-8,13-14,16H,3-4,6,9-12,17,28H2,1-2H3/t26-/m0/s1. The Balaban J connectivity index is 1.55. The maximum atomic E-state index is 9.89. The first-order valence-corrected chi connectivity index (χ1v) is 11.6. The highest BCUT2D eigenvalue weighted by molar-refractivity contribution is 5.71. The molecular formula is C26H30N4O3. The largest absolute Gasteiger partial charge is 0.495 e. The van der Waals surface area contributed by atoms with Gasteiger partial charge in [0, 0.05) is 5.56 Å². The van der Waals surface area contributed by atoms with Gasteiger partial charge in [-0.15, -0.1) is 0 Å². The Morgan fingerprint density at radius 1 is 1.06 bits per heavy atom. The van der Waals surface area contributed by atoms with Crippen LogP contribution in [-0.2, 0) is 0 Å². The highest BCUT2D eigenvalue weighted by Gasteiger charge is 2.53. The van der Waals surface area contributed by atoms with Gasteiger partial charge in [0.25, 0.3) is 0 Å². The fourth-order valence-electron chi connectivity index (χ4n) is 5.98. The van der Waals surface area contributed by atoms with E-state index in [0.717, 1.165) is 29.7 Å². The Hall–Kier alpha value is -3.24. The second-order valence-electron chi connectivity index (χ2n) is 9.35.